The number of benzene rings is 2. The fourth-order valence-electron chi connectivity index (χ4n) is 2.79. The van der Waals surface area contributed by atoms with Gasteiger partial charge in [0.15, 0.2) is 0 Å². The molecule has 2 amide bonds. The summed E-state index contributed by atoms with van der Waals surface area (Å²) < 4.78 is 5.86. The van der Waals surface area contributed by atoms with Crippen LogP contribution in [0.25, 0.3) is 0 Å². The molecule has 0 spiro atoms. The Balaban J connectivity index is 1.56. The number of hydrogen-bond acceptors (Lipinski definition) is 5. The molecular formula is C23H23N3O3S. The molecular weight excluding hydrogens is 398 g/mol. The largest absolute Gasteiger partial charge is 0.457 e. The zero-order valence-electron chi connectivity index (χ0n) is 16.8. The number of thioether (sulfide) groups is 1. The Morgan fingerprint density at radius 3 is 2.50 bits per heavy atom. The van der Waals surface area contributed by atoms with Gasteiger partial charge in [-0.3, -0.25) is 14.6 Å². The molecule has 1 heterocycles. The van der Waals surface area contributed by atoms with Crippen molar-refractivity contribution in [3.63, 3.8) is 0 Å². The molecule has 0 atom stereocenters. The molecule has 0 saturated heterocycles. The lowest BCUT2D eigenvalue weighted by Crippen LogP contribution is -2.25. The number of carbonyl (C=O) groups is 2. The van der Waals surface area contributed by atoms with E-state index in [1.165, 1.54) is 6.20 Å². The number of carbonyl (C=O) groups excluding carboxylic acids is 2. The first-order chi connectivity index (χ1) is 14.6. The molecule has 0 aliphatic heterocycles. The molecule has 2 N–H and O–H groups in total. The number of aromatic nitrogens is 1. The van der Waals surface area contributed by atoms with Crippen molar-refractivity contribution in [2.24, 2.45) is 0 Å². The molecule has 3 aromatic rings. The van der Waals surface area contributed by atoms with Gasteiger partial charge in [-0.05, 0) is 60.7 Å². The molecule has 0 fully saturated rings. The van der Waals surface area contributed by atoms with Crippen molar-refractivity contribution in [1.82, 2.24) is 15.6 Å². The molecule has 2 aromatic carbocycles. The van der Waals surface area contributed by atoms with Crippen LogP contribution in [-0.2, 0) is 6.42 Å². The van der Waals surface area contributed by atoms with Crippen LogP contribution in [0.4, 0.5) is 0 Å². The Hall–Kier alpha value is -3.32. The van der Waals surface area contributed by atoms with Crippen LogP contribution in [-0.4, -0.2) is 36.6 Å². The van der Waals surface area contributed by atoms with Crippen molar-refractivity contribution in [2.45, 2.75) is 11.3 Å². The molecule has 30 heavy (non-hydrogen) atoms. The fourth-order valence-corrected chi connectivity index (χ4v) is 3.20. The summed E-state index contributed by atoms with van der Waals surface area (Å²) in [7, 11) is 1.55. The summed E-state index contributed by atoms with van der Waals surface area (Å²) >= 11 is 1.64. The summed E-state index contributed by atoms with van der Waals surface area (Å²) in [5, 5.41) is 5.48. The summed E-state index contributed by atoms with van der Waals surface area (Å²) in [6, 6.07) is 18.5. The number of nitrogens with zero attached hydrogens (tertiary/aromatic N) is 1. The average molecular weight is 422 g/mol. The zero-order chi connectivity index (χ0) is 21.3. The minimum atomic E-state index is -0.270. The highest BCUT2D eigenvalue weighted by molar-refractivity contribution is 7.98. The van der Waals surface area contributed by atoms with Crippen LogP contribution in [0.5, 0.6) is 11.5 Å². The Kier molecular flexibility index (Phi) is 7.45. The van der Waals surface area contributed by atoms with Crippen molar-refractivity contribution in [1.29, 1.82) is 0 Å². The highest BCUT2D eigenvalue weighted by Gasteiger charge is 2.08. The van der Waals surface area contributed by atoms with E-state index in [2.05, 4.69) is 15.6 Å². The maximum Gasteiger partial charge on any atom is 0.269 e. The molecule has 0 saturated carbocycles. The normalized spacial score (nSPS) is 10.3. The maximum absolute atomic E-state index is 12.3. The van der Waals surface area contributed by atoms with E-state index in [-0.39, 0.29) is 11.8 Å². The third-order valence-corrected chi connectivity index (χ3v) is 5.12. The van der Waals surface area contributed by atoms with E-state index in [0.29, 0.717) is 35.7 Å². The summed E-state index contributed by atoms with van der Waals surface area (Å²) in [5.41, 5.74) is 1.97. The van der Waals surface area contributed by atoms with Crippen molar-refractivity contribution < 1.29 is 14.3 Å². The lowest BCUT2D eigenvalue weighted by Gasteiger charge is -2.09. The maximum atomic E-state index is 12.3. The second-order valence-corrected chi connectivity index (χ2v) is 7.32. The van der Waals surface area contributed by atoms with Gasteiger partial charge in [0.05, 0.1) is 0 Å². The second-order valence-electron chi connectivity index (χ2n) is 6.44. The van der Waals surface area contributed by atoms with Crippen molar-refractivity contribution in [2.75, 3.05) is 19.8 Å². The molecule has 0 aliphatic carbocycles. The standard InChI is InChI=1S/C23H23N3O3S/c1-24-23(28)21-15-19(11-13-25-21)29-18-5-3-4-16(14-18)10-12-26-22(27)17-6-8-20(30-2)9-7-17/h3-9,11,13-15H,10,12H2,1-2H3,(H,24,28)(H,26,27). The van der Waals surface area contributed by atoms with E-state index in [1.54, 1.807) is 30.9 Å². The first kappa shape index (κ1) is 21.4. The van der Waals surface area contributed by atoms with Crippen LogP contribution in [0.2, 0.25) is 0 Å². The van der Waals surface area contributed by atoms with Crippen molar-refractivity contribution in [3.8, 4) is 11.5 Å². The van der Waals surface area contributed by atoms with Gasteiger partial charge in [0.2, 0.25) is 0 Å². The van der Waals surface area contributed by atoms with Crippen LogP contribution in [0.3, 0.4) is 0 Å². The van der Waals surface area contributed by atoms with E-state index in [9.17, 15) is 9.59 Å². The highest BCUT2D eigenvalue weighted by Crippen LogP contribution is 2.22. The number of rotatable bonds is 8. The predicted octanol–water partition coefficient (Wildman–Crippen LogP) is 3.93. The molecule has 0 unspecified atom stereocenters. The fraction of sp³-hybridized carbons (Fsp3) is 0.174. The van der Waals surface area contributed by atoms with Gasteiger partial charge >= 0.3 is 0 Å². The molecule has 154 valence electrons. The zero-order valence-corrected chi connectivity index (χ0v) is 17.7. The van der Waals surface area contributed by atoms with Crippen molar-refractivity contribution in [3.05, 3.63) is 83.7 Å². The molecule has 1 aromatic heterocycles. The highest BCUT2D eigenvalue weighted by atomic mass is 32.2. The predicted molar refractivity (Wildman–Crippen MR) is 118 cm³/mol. The molecule has 7 heteroatoms. The van der Waals surface area contributed by atoms with Gasteiger partial charge in [-0.2, -0.15) is 0 Å². The summed E-state index contributed by atoms with van der Waals surface area (Å²) in [4.78, 5) is 29.1. The van der Waals surface area contributed by atoms with Gasteiger partial charge in [0.25, 0.3) is 11.8 Å². The Bertz CT molecular complexity index is 1020. The van der Waals surface area contributed by atoms with Gasteiger partial charge < -0.3 is 15.4 Å². The minimum absolute atomic E-state index is 0.0893. The number of amides is 2. The smallest absolute Gasteiger partial charge is 0.269 e. The second kappa shape index (κ2) is 10.5. The summed E-state index contributed by atoms with van der Waals surface area (Å²) in [6.45, 7) is 0.517. The lowest BCUT2D eigenvalue weighted by atomic mass is 10.1. The Morgan fingerprint density at radius 1 is 1.00 bits per heavy atom. The van der Waals surface area contributed by atoms with Gasteiger partial charge in [-0.15, -0.1) is 11.8 Å². The van der Waals surface area contributed by atoms with Gasteiger partial charge in [-0.25, -0.2) is 0 Å². The Morgan fingerprint density at radius 2 is 1.77 bits per heavy atom. The van der Waals surface area contributed by atoms with Crippen molar-refractivity contribution >= 4 is 23.6 Å². The van der Waals surface area contributed by atoms with E-state index >= 15 is 0 Å². The molecule has 0 aliphatic rings. The first-order valence-corrected chi connectivity index (χ1v) is 10.7. The Labute approximate surface area is 180 Å². The average Bonchev–Trinajstić information content (AvgIpc) is 2.79. The monoisotopic (exact) mass is 421 g/mol. The lowest BCUT2D eigenvalue weighted by molar-refractivity contribution is 0.0947. The first-order valence-electron chi connectivity index (χ1n) is 9.46. The van der Waals surface area contributed by atoms with Gasteiger partial charge in [0, 0.05) is 36.3 Å². The van der Waals surface area contributed by atoms with Gasteiger partial charge in [-0.1, -0.05) is 12.1 Å². The summed E-state index contributed by atoms with van der Waals surface area (Å²) in [5.74, 6) is 0.824. The molecule has 6 nitrogen and oxygen atoms in total. The van der Waals surface area contributed by atoms with Gasteiger partial charge in [0.1, 0.15) is 17.2 Å². The molecule has 3 rings (SSSR count). The molecule has 0 radical (unpaired) electrons. The van der Waals surface area contributed by atoms with Crippen LogP contribution in [0.15, 0.2) is 71.8 Å². The van der Waals surface area contributed by atoms with Crippen LogP contribution in [0.1, 0.15) is 26.4 Å². The number of nitrogens with one attached hydrogen (secondary N) is 2. The van der Waals surface area contributed by atoms with E-state index < -0.39 is 0 Å². The van der Waals surface area contributed by atoms with Crippen LogP contribution < -0.4 is 15.4 Å². The third-order valence-electron chi connectivity index (χ3n) is 4.38. The van der Waals surface area contributed by atoms with E-state index in [4.69, 9.17) is 4.74 Å². The SMILES string of the molecule is CNC(=O)c1cc(Oc2cccc(CCNC(=O)c3ccc(SC)cc3)c2)ccn1. The van der Waals surface area contributed by atoms with Crippen LogP contribution >= 0.6 is 11.8 Å². The van der Waals surface area contributed by atoms with E-state index in [1.807, 2.05) is 54.8 Å². The van der Waals surface area contributed by atoms with Crippen LogP contribution in [0, 0.1) is 0 Å². The number of pyridine rings is 1. The quantitative estimate of drug-likeness (QED) is 0.539. The summed E-state index contributed by atoms with van der Waals surface area (Å²) in [6.07, 6.45) is 4.21. The molecule has 0 bridgehead atoms. The number of hydrogen-bond donors (Lipinski definition) is 2. The topological polar surface area (TPSA) is 80.3 Å². The third kappa shape index (κ3) is 5.84. The van der Waals surface area contributed by atoms with E-state index in [0.717, 1.165) is 10.5 Å². The number of ether oxygens (including phenoxy) is 1. The minimum Gasteiger partial charge on any atom is -0.457 e.